The third-order valence-electron chi connectivity index (χ3n) is 4.84. The van der Waals surface area contributed by atoms with E-state index in [0.29, 0.717) is 24.3 Å². The summed E-state index contributed by atoms with van der Waals surface area (Å²) >= 11 is 0. The summed E-state index contributed by atoms with van der Waals surface area (Å²) in [5, 5.41) is 2.94. The summed E-state index contributed by atoms with van der Waals surface area (Å²) in [4.78, 5) is 14.4. The Morgan fingerprint density at radius 1 is 1.25 bits per heavy atom. The van der Waals surface area contributed by atoms with Crippen molar-refractivity contribution in [1.82, 2.24) is 10.2 Å². The van der Waals surface area contributed by atoms with Crippen LogP contribution in [0, 0.1) is 11.7 Å². The Balaban J connectivity index is 1.31. The summed E-state index contributed by atoms with van der Waals surface area (Å²) in [6.45, 7) is 4.57. The van der Waals surface area contributed by atoms with Gasteiger partial charge >= 0.3 is 0 Å². The van der Waals surface area contributed by atoms with Crippen molar-refractivity contribution < 1.29 is 18.7 Å². The average Bonchev–Trinajstić information content (AvgIpc) is 3.14. The molecule has 2 saturated heterocycles. The van der Waals surface area contributed by atoms with E-state index in [9.17, 15) is 9.18 Å². The van der Waals surface area contributed by atoms with Gasteiger partial charge in [-0.1, -0.05) is 0 Å². The zero-order chi connectivity index (χ0) is 16.8. The van der Waals surface area contributed by atoms with Crippen LogP contribution in [0.4, 0.5) is 4.39 Å². The van der Waals surface area contributed by atoms with Crippen LogP contribution >= 0.6 is 0 Å². The zero-order valence-corrected chi connectivity index (χ0v) is 13.9. The predicted molar refractivity (Wildman–Crippen MR) is 88.4 cm³/mol. The van der Waals surface area contributed by atoms with Crippen molar-refractivity contribution in [3.63, 3.8) is 0 Å². The fraction of sp³-hybridized carbons (Fsp3) is 0.611. The second-order valence-corrected chi connectivity index (χ2v) is 6.54. The highest BCUT2D eigenvalue weighted by Crippen LogP contribution is 2.21. The minimum Gasteiger partial charge on any atom is -0.484 e. The monoisotopic (exact) mass is 336 g/mol. The van der Waals surface area contributed by atoms with Gasteiger partial charge in [0.15, 0.2) is 6.61 Å². The van der Waals surface area contributed by atoms with E-state index in [-0.39, 0.29) is 18.3 Å². The van der Waals surface area contributed by atoms with Crippen LogP contribution in [0.1, 0.15) is 19.3 Å². The van der Waals surface area contributed by atoms with Crippen LogP contribution in [0.5, 0.6) is 5.75 Å². The number of rotatable bonds is 6. The van der Waals surface area contributed by atoms with Crippen LogP contribution in [-0.2, 0) is 9.53 Å². The minimum absolute atomic E-state index is 0.0378. The van der Waals surface area contributed by atoms with Crippen LogP contribution < -0.4 is 10.1 Å². The number of carbonyl (C=O) groups excluding carboxylic acids is 1. The van der Waals surface area contributed by atoms with Crippen LogP contribution in [0.15, 0.2) is 24.3 Å². The SMILES string of the molecule is O=C(COc1ccc(F)cc1)NCC1CCN([C@H]2CCOC2)CC1. The molecule has 1 N–H and O–H groups in total. The Morgan fingerprint density at radius 3 is 2.67 bits per heavy atom. The standard InChI is InChI=1S/C18H25FN2O3/c19-15-1-3-17(4-2-15)24-13-18(22)20-11-14-5-8-21(9-6-14)16-7-10-23-12-16/h1-4,14,16H,5-13H2,(H,20,22)/t16-/m0/s1. The molecular weight excluding hydrogens is 311 g/mol. The Bertz CT molecular complexity index is 524. The third kappa shape index (κ3) is 4.92. The van der Waals surface area contributed by atoms with Gasteiger partial charge in [-0.2, -0.15) is 0 Å². The molecule has 6 heteroatoms. The molecule has 5 nitrogen and oxygen atoms in total. The fourth-order valence-electron chi connectivity index (χ4n) is 3.32. The molecule has 2 aliphatic heterocycles. The molecular formula is C18H25FN2O3. The molecule has 0 aromatic heterocycles. The van der Waals surface area contributed by atoms with Crippen molar-refractivity contribution in [2.75, 3.05) is 39.5 Å². The van der Waals surface area contributed by atoms with E-state index >= 15 is 0 Å². The number of amides is 1. The number of nitrogens with one attached hydrogen (secondary N) is 1. The van der Waals surface area contributed by atoms with Crippen LogP contribution in [0.2, 0.25) is 0 Å². The fourth-order valence-corrected chi connectivity index (χ4v) is 3.32. The Kier molecular flexibility index (Phi) is 6.04. The lowest BCUT2D eigenvalue weighted by atomic mass is 9.95. The van der Waals surface area contributed by atoms with Crippen LogP contribution in [0.25, 0.3) is 0 Å². The maximum atomic E-state index is 12.8. The smallest absolute Gasteiger partial charge is 0.257 e. The van der Waals surface area contributed by atoms with E-state index in [1.54, 1.807) is 0 Å². The Morgan fingerprint density at radius 2 is 2.00 bits per heavy atom. The highest BCUT2D eigenvalue weighted by Gasteiger charge is 2.27. The molecule has 2 fully saturated rings. The van der Waals surface area contributed by atoms with Gasteiger partial charge in [-0.3, -0.25) is 9.69 Å². The summed E-state index contributed by atoms with van der Waals surface area (Å²) in [7, 11) is 0. The number of halogens is 1. The van der Waals surface area contributed by atoms with Crippen molar-refractivity contribution in [2.45, 2.75) is 25.3 Å². The molecule has 2 heterocycles. The predicted octanol–water partition coefficient (Wildman–Crippen LogP) is 1.82. The van der Waals surface area contributed by atoms with E-state index in [1.165, 1.54) is 24.3 Å². The molecule has 1 amide bonds. The molecule has 2 aliphatic rings. The van der Waals surface area contributed by atoms with Gasteiger partial charge in [-0.05, 0) is 62.5 Å². The number of carbonyl (C=O) groups is 1. The summed E-state index contributed by atoms with van der Waals surface area (Å²) in [6.07, 6.45) is 3.35. The number of ether oxygens (including phenoxy) is 2. The number of nitrogens with zero attached hydrogens (tertiary/aromatic N) is 1. The van der Waals surface area contributed by atoms with Crippen LogP contribution in [0.3, 0.4) is 0 Å². The number of likely N-dealkylation sites (tertiary alicyclic amines) is 1. The molecule has 1 atom stereocenters. The molecule has 0 spiro atoms. The van der Waals surface area contributed by atoms with E-state index in [1.807, 2.05) is 0 Å². The van der Waals surface area contributed by atoms with Gasteiger partial charge < -0.3 is 14.8 Å². The number of hydrogen-bond donors (Lipinski definition) is 1. The zero-order valence-electron chi connectivity index (χ0n) is 13.9. The van der Waals surface area contributed by atoms with E-state index < -0.39 is 0 Å². The minimum atomic E-state index is -0.317. The molecule has 0 bridgehead atoms. The van der Waals surface area contributed by atoms with Crippen molar-refractivity contribution in [2.24, 2.45) is 5.92 Å². The van der Waals surface area contributed by atoms with Crippen LogP contribution in [-0.4, -0.2) is 56.3 Å². The maximum Gasteiger partial charge on any atom is 0.257 e. The summed E-state index contributed by atoms with van der Waals surface area (Å²) in [6, 6.07) is 6.26. The number of benzene rings is 1. The summed E-state index contributed by atoms with van der Waals surface area (Å²) < 4.78 is 23.6. The molecule has 3 rings (SSSR count). The third-order valence-corrected chi connectivity index (χ3v) is 4.84. The first-order chi connectivity index (χ1) is 11.7. The Labute approximate surface area is 142 Å². The van der Waals surface area contributed by atoms with E-state index in [2.05, 4.69) is 10.2 Å². The van der Waals surface area contributed by atoms with Gasteiger partial charge in [0.25, 0.3) is 5.91 Å². The lowest BCUT2D eigenvalue weighted by molar-refractivity contribution is -0.123. The molecule has 0 saturated carbocycles. The van der Waals surface area contributed by atoms with Gasteiger partial charge in [0.05, 0.1) is 6.61 Å². The molecule has 132 valence electrons. The second-order valence-electron chi connectivity index (χ2n) is 6.54. The first-order valence-corrected chi connectivity index (χ1v) is 8.67. The van der Waals surface area contributed by atoms with Crippen molar-refractivity contribution in [1.29, 1.82) is 0 Å². The summed E-state index contributed by atoms with van der Waals surface area (Å²) in [5.74, 6) is 0.574. The number of piperidine rings is 1. The Hall–Kier alpha value is -1.66. The summed E-state index contributed by atoms with van der Waals surface area (Å²) in [5.41, 5.74) is 0. The number of hydrogen-bond acceptors (Lipinski definition) is 4. The van der Waals surface area contributed by atoms with Crippen molar-refractivity contribution in [3.8, 4) is 5.75 Å². The first kappa shape index (κ1) is 17.2. The molecule has 0 unspecified atom stereocenters. The van der Waals surface area contributed by atoms with Crippen molar-refractivity contribution >= 4 is 5.91 Å². The quantitative estimate of drug-likeness (QED) is 0.861. The largest absolute Gasteiger partial charge is 0.484 e. The van der Waals surface area contributed by atoms with E-state index in [0.717, 1.165) is 45.6 Å². The highest BCUT2D eigenvalue weighted by atomic mass is 19.1. The molecule has 24 heavy (non-hydrogen) atoms. The van der Waals surface area contributed by atoms with Gasteiger partial charge in [0.1, 0.15) is 11.6 Å². The topological polar surface area (TPSA) is 50.8 Å². The molecule has 1 aromatic rings. The maximum absolute atomic E-state index is 12.8. The highest BCUT2D eigenvalue weighted by molar-refractivity contribution is 5.77. The van der Waals surface area contributed by atoms with Gasteiger partial charge in [0.2, 0.25) is 0 Å². The average molecular weight is 336 g/mol. The molecule has 1 aromatic carbocycles. The lowest BCUT2D eigenvalue weighted by Gasteiger charge is -2.35. The van der Waals surface area contributed by atoms with E-state index in [4.69, 9.17) is 9.47 Å². The van der Waals surface area contributed by atoms with Crippen molar-refractivity contribution in [3.05, 3.63) is 30.1 Å². The molecule has 0 radical (unpaired) electrons. The van der Waals surface area contributed by atoms with Gasteiger partial charge in [0, 0.05) is 19.2 Å². The second kappa shape index (κ2) is 8.44. The normalized spacial score (nSPS) is 22.5. The lowest BCUT2D eigenvalue weighted by Crippen LogP contribution is -2.44. The van der Waals surface area contributed by atoms with Gasteiger partial charge in [-0.15, -0.1) is 0 Å². The van der Waals surface area contributed by atoms with Gasteiger partial charge in [-0.25, -0.2) is 4.39 Å². The molecule has 0 aliphatic carbocycles. The first-order valence-electron chi connectivity index (χ1n) is 8.67.